The van der Waals surface area contributed by atoms with Crippen LogP contribution >= 0.6 is 0 Å². The van der Waals surface area contributed by atoms with Crippen LogP contribution in [0.15, 0.2) is 12.3 Å². The van der Waals surface area contributed by atoms with Gasteiger partial charge in [0.25, 0.3) is 0 Å². The molecular formula is C7H9F2NaO6S. The summed E-state index contributed by atoms with van der Waals surface area (Å²) in [5.41, 5.74) is 0. The zero-order chi connectivity index (χ0) is 12.8. The second kappa shape index (κ2) is 7.98. The number of hydrogen-bond acceptors (Lipinski definition) is 6. The maximum absolute atomic E-state index is 12.5. The Labute approximate surface area is 119 Å². The third-order valence-corrected chi connectivity index (χ3v) is 2.01. The van der Waals surface area contributed by atoms with E-state index in [0.29, 0.717) is 0 Å². The standard InChI is InChI=1S/C7H10F2O6S.Na/c1-2-3-14-4-5-15-6(10)7(8,9)16(11,12)13;/h2-3H,4-5H2,1H3,(H,11,12,13);/q;+1/p-1. The first-order chi connectivity index (χ1) is 7.23. The summed E-state index contributed by atoms with van der Waals surface area (Å²) in [6.45, 7) is 0.809. The zero-order valence-corrected chi connectivity index (χ0v) is 12.0. The molecule has 94 valence electrons. The Balaban J connectivity index is 0. The van der Waals surface area contributed by atoms with Crippen LogP contribution in [0.5, 0.6) is 0 Å². The molecule has 0 saturated heterocycles. The first-order valence-corrected chi connectivity index (χ1v) is 5.37. The topological polar surface area (TPSA) is 92.7 Å². The molecule has 0 amide bonds. The summed E-state index contributed by atoms with van der Waals surface area (Å²) in [5, 5.41) is -5.08. The van der Waals surface area contributed by atoms with Crippen molar-refractivity contribution in [1.82, 2.24) is 0 Å². The zero-order valence-electron chi connectivity index (χ0n) is 9.18. The molecule has 0 aromatic heterocycles. The predicted molar refractivity (Wildman–Crippen MR) is 46.4 cm³/mol. The van der Waals surface area contributed by atoms with Crippen LogP contribution in [0.25, 0.3) is 0 Å². The van der Waals surface area contributed by atoms with Gasteiger partial charge in [-0.25, -0.2) is 13.2 Å². The van der Waals surface area contributed by atoms with E-state index in [2.05, 4.69) is 9.47 Å². The van der Waals surface area contributed by atoms with Crippen LogP contribution in [0.3, 0.4) is 0 Å². The summed E-state index contributed by atoms with van der Waals surface area (Å²) in [6.07, 6.45) is 2.72. The SMILES string of the molecule is CC=COCCOC(=O)C(F)(F)S(=O)(=O)[O-].[Na+]. The summed E-state index contributed by atoms with van der Waals surface area (Å²) in [6, 6.07) is 0. The van der Waals surface area contributed by atoms with Crippen LogP contribution in [0.1, 0.15) is 6.92 Å². The molecule has 0 fully saturated rings. The van der Waals surface area contributed by atoms with Crippen LogP contribution in [0.4, 0.5) is 8.78 Å². The van der Waals surface area contributed by atoms with E-state index in [1.165, 1.54) is 12.3 Å². The summed E-state index contributed by atoms with van der Waals surface area (Å²) in [5.74, 6) is -2.41. The molecule has 0 saturated carbocycles. The molecular weight excluding hydrogens is 273 g/mol. The van der Waals surface area contributed by atoms with E-state index in [1.807, 2.05) is 0 Å². The molecule has 0 aromatic carbocycles. The number of ether oxygens (including phenoxy) is 2. The number of carbonyl (C=O) groups excluding carboxylic acids is 1. The molecule has 0 heterocycles. The molecule has 0 spiro atoms. The molecule has 0 radical (unpaired) electrons. The molecule has 0 atom stereocenters. The van der Waals surface area contributed by atoms with Crippen molar-refractivity contribution in [3.8, 4) is 0 Å². The predicted octanol–water partition coefficient (Wildman–Crippen LogP) is -2.78. The summed E-state index contributed by atoms with van der Waals surface area (Å²) >= 11 is 0. The molecule has 0 bridgehead atoms. The van der Waals surface area contributed by atoms with Crippen molar-refractivity contribution in [2.24, 2.45) is 0 Å². The van der Waals surface area contributed by atoms with Crippen molar-refractivity contribution in [1.29, 1.82) is 0 Å². The third kappa shape index (κ3) is 6.32. The Bertz CT molecular complexity index is 367. The van der Waals surface area contributed by atoms with Gasteiger partial charge in [-0.05, 0) is 6.92 Å². The average molecular weight is 282 g/mol. The van der Waals surface area contributed by atoms with Crippen LogP contribution in [-0.2, 0) is 24.4 Å². The largest absolute Gasteiger partial charge is 1.00 e. The van der Waals surface area contributed by atoms with Crippen molar-refractivity contribution < 1.29 is 65.6 Å². The van der Waals surface area contributed by atoms with Crippen LogP contribution in [-0.4, -0.2) is 37.4 Å². The molecule has 0 aliphatic carbocycles. The number of rotatable bonds is 6. The summed E-state index contributed by atoms with van der Waals surface area (Å²) in [4.78, 5) is 10.5. The number of hydrogen-bond donors (Lipinski definition) is 0. The monoisotopic (exact) mass is 282 g/mol. The summed E-state index contributed by atoms with van der Waals surface area (Å²) < 4.78 is 63.3. The van der Waals surface area contributed by atoms with Gasteiger partial charge >= 0.3 is 40.8 Å². The molecule has 0 rings (SSSR count). The Morgan fingerprint density at radius 1 is 1.41 bits per heavy atom. The number of alkyl halides is 2. The fourth-order valence-electron chi connectivity index (χ4n) is 0.533. The number of halogens is 2. The van der Waals surface area contributed by atoms with E-state index in [-0.39, 0.29) is 36.2 Å². The van der Waals surface area contributed by atoms with Gasteiger partial charge in [-0.15, -0.1) is 0 Å². The Morgan fingerprint density at radius 2 is 1.94 bits per heavy atom. The van der Waals surface area contributed by atoms with Crippen LogP contribution in [0.2, 0.25) is 0 Å². The van der Waals surface area contributed by atoms with Crippen molar-refractivity contribution in [3.05, 3.63) is 12.3 Å². The van der Waals surface area contributed by atoms with Gasteiger partial charge in [-0.2, -0.15) is 8.78 Å². The summed E-state index contributed by atoms with van der Waals surface area (Å²) in [7, 11) is -6.06. The van der Waals surface area contributed by atoms with Crippen molar-refractivity contribution in [2.75, 3.05) is 13.2 Å². The molecule has 0 aliphatic rings. The molecule has 0 aliphatic heterocycles. The fourth-order valence-corrected chi connectivity index (χ4v) is 0.796. The molecule has 0 aromatic rings. The third-order valence-electron chi connectivity index (χ3n) is 1.22. The minimum absolute atomic E-state index is 0. The molecule has 0 unspecified atom stereocenters. The maximum atomic E-state index is 12.5. The minimum Gasteiger partial charge on any atom is -0.743 e. The van der Waals surface area contributed by atoms with Gasteiger partial charge in [0.2, 0.25) is 0 Å². The Hall–Kier alpha value is -0.220. The van der Waals surface area contributed by atoms with E-state index in [9.17, 15) is 26.5 Å². The van der Waals surface area contributed by atoms with Crippen LogP contribution in [0, 0.1) is 0 Å². The first kappa shape index (κ1) is 19.1. The van der Waals surface area contributed by atoms with Crippen molar-refractivity contribution in [2.45, 2.75) is 12.2 Å². The van der Waals surface area contributed by atoms with Gasteiger partial charge in [0, 0.05) is 0 Å². The van der Waals surface area contributed by atoms with E-state index >= 15 is 0 Å². The quantitative estimate of drug-likeness (QED) is 0.172. The normalized spacial score (nSPS) is 12.0. The van der Waals surface area contributed by atoms with Gasteiger partial charge < -0.3 is 14.0 Å². The minimum atomic E-state index is -6.06. The van der Waals surface area contributed by atoms with Crippen molar-refractivity contribution >= 4 is 16.1 Å². The molecule has 0 N–H and O–H groups in total. The van der Waals surface area contributed by atoms with Crippen molar-refractivity contribution in [3.63, 3.8) is 0 Å². The number of esters is 1. The molecule has 17 heavy (non-hydrogen) atoms. The molecule has 6 nitrogen and oxygen atoms in total. The van der Waals surface area contributed by atoms with E-state index in [4.69, 9.17) is 0 Å². The average Bonchev–Trinajstić information content (AvgIpc) is 2.15. The second-order valence-corrected chi connectivity index (χ2v) is 3.87. The first-order valence-electron chi connectivity index (χ1n) is 3.96. The number of carbonyl (C=O) groups is 1. The molecule has 10 heteroatoms. The van der Waals surface area contributed by atoms with E-state index in [0.717, 1.165) is 0 Å². The van der Waals surface area contributed by atoms with Gasteiger partial charge in [-0.1, -0.05) is 6.08 Å². The van der Waals surface area contributed by atoms with Crippen LogP contribution < -0.4 is 29.6 Å². The second-order valence-electron chi connectivity index (χ2n) is 2.45. The van der Waals surface area contributed by atoms with Gasteiger partial charge in [0.05, 0.1) is 6.26 Å². The van der Waals surface area contributed by atoms with Gasteiger partial charge in [0.1, 0.15) is 13.2 Å². The maximum Gasteiger partial charge on any atom is 1.00 e. The Morgan fingerprint density at radius 3 is 2.35 bits per heavy atom. The van der Waals surface area contributed by atoms with E-state index in [1.54, 1.807) is 6.92 Å². The van der Waals surface area contributed by atoms with Gasteiger partial charge in [0.15, 0.2) is 10.1 Å². The smallest absolute Gasteiger partial charge is 0.743 e. The van der Waals surface area contributed by atoms with Gasteiger partial charge in [-0.3, -0.25) is 0 Å². The Kier molecular flexibility index (Phi) is 8.98. The van der Waals surface area contributed by atoms with E-state index < -0.39 is 27.9 Å². The fraction of sp³-hybridized carbons (Fsp3) is 0.571. The number of allylic oxidation sites excluding steroid dienone is 1.